The summed E-state index contributed by atoms with van der Waals surface area (Å²) in [5.74, 6) is 0. The van der Waals surface area contributed by atoms with Crippen molar-refractivity contribution >= 4 is 11.8 Å². The molecular formula is C13H18NO2. The van der Waals surface area contributed by atoms with Gasteiger partial charge >= 0.3 is 6.09 Å². The van der Waals surface area contributed by atoms with Crippen LogP contribution in [0.25, 0.3) is 0 Å². The molecule has 1 aromatic carbocycles. The van der Waals surface area contributed by atoms with Gasteiger partial charge in [0.1, 0.15) is 6.10 Å². The summed E-state index contributed by atoms with van der Waals surface area (Å²) in [6.45, 7) is 4.01. The first-order valence-corrected chi connectivity index (χ1v) is 5.69. The number of hydrogen-bond donors (Lipinski definition) is 0. The quantitative estimate of drug-likeness (QED) is 0.760. The van der Waals surface area contributed by atoms with E-state index in [0.29, 0.717) is 5.69 Å². The van der Waals surface area contributed by atoms with Crippen molar-refractivity contribution in [3.8, 4) is 0 Å². The molecule has 0 aliphatic rings. The number of carbonyl (C=O) groups excluding carboxylic acids is 1. The summed E-state index contributed by atoms with van der Waals surface area (Å²) in [7, 11) is 0. The van der Waals surface area contributed by atoms with Gasteiger partial charge < -0.3 is 4.74 Å². The van der Waals surface area contributed by atoms with Gasteiger partial charge in [-0.15, -0.1) is 0 Å². The highest BCUT2D eigenvalue weighted by atomic mass is 16.6. The fourth-order valence-corrected chi connectivity index (χ4v) is 1.36. The monoisotopic (exact) mass is 220 g/mol. The standard InChI is InChI=1S/C13H18NO2/c1-3-4-8-11(2)16-13(15)14-12-9-6-5-7-10-12/h5-7,9-11H,3-4,8H2,1-2H3. The summed E-state index contributed by atoms with van der Waals surface area (Å²) in [4.78, 5) is 11.4. The van der Waals surface area contributed by atoms with Crippen molar-refractivity contribution in [2.45, 2.75) is 39.2 Å². The van der Waals surface area contributed by atoms with E-state index in [1.807, 2.05) is 25.1 Å². The van der Waals surface area contributed by atoms with Gasteiger partial charge in [0.2, 0.25) is 0 Å². The lowest BCUT2D eigenvalue weighted by Gasteiger charge is -2.11. The van der Waals surface area contributed by atoms with Crippen molar-refractivity contribution in [1.29, 1.82) is 0 Å². The summed E-state index contributed by atoms with van der Waals surface area (Å²) in [5, 5.41) is 3.85. The van der Waals surface area contributed by atoms with E-state index < -0.39 is 6.09 Å². The first-order valence-electron chi connectivity index (χ1n) is 5.69. The van der Waals surface area contributed by atoms with Crippen LogP contribution in [0.1, 0.15) is 33.1 Å². The van der Waals surface area contributed by atoms with Gasteiger partial charge in [-0.3, -0.25) is 0 Å². The molecule has 1 unspecified atom stereocenters. The second-order valence-electron chi connectivity index (χ2n) is 3.78. The Morgan fingerprint density at radius 2 is 2.06 bits per heavy atom. The summed E-state index contributed by atoms with van der Waals surface area (Å²) in [5.41, 5.74) is 0.634. The summed E-state index contributed by atoms with van der Waals surface area (Å²) < 4.78 is 5.15. The van der Waals surface area contributed by atoms with Crippen molar-refractivity contribution in [3.63, 3.8) is 0 Å². The van der Waals surface area contributed by atoms with Crippen LogP contribution in [0.15, 0.2) is 30.3 Å². The van der Waals surface area contributed by atoms with Crippen LogP contribution < -0.4 is 5.32 Å². The van der Waals surface area contributed by atoms with Gasteiger partial charge in [0.25, 0.3) is 0 Å². The zero-order valence-corrected chi connectivity index (χ0v) is 9.85. The van der Waals surface area contributed by atoms with Crippen molar-refractivity contribution in [3.05, 3.63) is 30.3 Å². The highest BCUT2D eigenvalue weighted by Crippen LogP contribution is 2.08. The molecule has 0 aliphatic heterocycles. The molecule has 0 aromatic heterocycles. The fraction of sp³-hybridized carbons (Fsp3) is 0.462. The number of carbonyl (C=O) groups is 1. The second kappa shape index (κ2) is 6.88. The Morgan fingerprint density at radius 3 is 2.69 bits per heavy atom. The molecule has 0 N–H and O–H groups in total. The van der Waals surface area contributed by atoms with Gasteiger partial charge in [0.05, 0.1) is 5.69 Å². The number of hydrogen-bond acceptors (Lipinski definition) is 2. The molecule has 0 fully saturated rings. The number of ether oxygens (including phenoxy) is 1. The average molecular weight is 220 g/mol. The summed E-state index contributed by atoms with van der Waals surface area (Å²) in [6, 6.07) is 9.11. The van der Waals surface area contributed by atoms with Crippen molar-refractivity contribution in [1.82, 2.24) is 5.32 Å². The molecule has 0 spiro atoms. The molecule has 16 heavy (non-hydrogen) atoms. The highest BCUT2D eigenvalue weighted by Gasteiger charge is 2.10. The van der Waals surface area contributed by atoms with E-state index in [1.54, 1.807) is 12.1 Å². The van der Waals surface area contributed by atoms with E-state index in [4.69, 9.17) is 4.74 Å². The molecule has 0 heterocycles. The van der Waals surface area contributed by atoms with Crippen LogP contribution in [-0.2, 0) is 4.74 Å². The molecule has 1 aromatic rings. The molecule has 87 valence electrons. The minimum absolute atomic E-state index is 0.0556. The lowest BCUT2D eigenvalue weighted by Crippen LogP contribution is -2.19. The third-order valence-electron chi connectivity index (χ3n) is 2.24. The maximum Gasteiger partial charge on any atom is 0.434 e. The highest BCUT2D eigenvalue weighted by molar-refractivity contribution is 5.73. The van der Waals surface area contributed by atoms with Gasteiger partial charge in [-0.2, -0.15) is 5.32 Å². The molecule has 0 saturated carbocycles. The lowest BCUT2D eigenvalue weighted by atomic mass is 10.2. The van der Waals surface area contributed by atoms with Crippen LogP contribution in [0, 0.1) is 0 Å². The predicted molar refractivity (Wildman–Crippen MR) is 63.7 cm³/mol. The first-order chi connectivity index (χ1) is 7.72. The Balaban J connectivity index is 2.31. The Hall–Kier alpha value is -1.51. The van der Waals surface area contributed by atoms with Crippen LogP contribution >= 0.6 is 0 Å². The molecule has 1 amide bonds. The molecule has 3 nitrogen and oxygen atoms in total. The van der Waals surface area contributed by atoms with Gasteiger partial charge in [0, 0.05) is 0 Å². The zero-order chi connectivity index (χ0) is 11.8. The molecule has 3 heteroatoms. The number of unbranched alkanes of at least 4 members (excludes halogenated alkanes) is 1. The Morgan fingerprint density at radius 1 is 1.38 bits per heavy atom. The Bertz CT molecular complexity index is 311. The minimum Gasteiger partial charge on any atom is -0.445 e. The Labute approximate surface area is 96.8 Å². The first kappa shape index (κ1) is 12.6. The fourth-order valence-electron chi connectivity index (χ4n) is 1.36. The molecule has 0 saturated heterocycles. The molecule has 1 rings (SSSR count). The number of rotatable bonds is 5. The van der Waals surface area contributed by atoms with Crippen molar-refractivity contribution in [2.75, 3.05) is 0 Å². The van der Waals surface area contributed by atoms with Gasteiger partial charge in [0.15, 0.2) is 0 Å². The lowest BCUT2D eigenvalue weighted by molar-refractivity contribution is 0.104. The largest absolute Gasteiger partial charge is 0.445 e. The summed E-state index contributed by atoms with van der Waals surface area (Å²) >= 11 is 0. The van der Waals surface area contributed by atoms with Crippen LogP contribution in [0.5, 0.6) is 0 Å². The second-order valence-corrected chi connectivity index (χ2v) is 3.78. The molecule has 1 atom stereocenters. The van der Waals surface area contributed by atoms with E-state index in [0.717, 1.165) is 19.3 Å². The number of nitrogens with zero attached hydrogens (tertiary/aromatic N) is 1. The van der Waals surface area contributed by atoms with Crippen LogP contribution in [0.2, 0.25) is 0 Å². The van der Waals surface area contributed by atoms with Crippen molar-refractivity contribution in [2.24, 2.45) is 0 Å². The van der Waals surface area contributed by atoms with Gasteiger partial charge in [-0.05, 0) is 25.5 Å². The molecular weight excluding hydrogens is 202 g/mol. The third kappa shape index (κ3) is 4.82. The van der Waals surface area contributed by atoms with Crippen LogP contribution in [-0.4, -0.2) is 12.2 Å². The van der Waals surface area contributed by atoms with Crippen molar-refractivity contribution < 1.29 is 9.53 Å². The van der Waals surface area contributed by atoms with E-state index in [-0.39, 0.29) is 6.10 Å². The van der Waals surface area contributed by atoms with Gasteiger partial charge in [-0.1, -0.05) is 38.0 Å². The predicted octanol–water partition coefficient (Wildman–Crippen LogP) is 3.64. The molecule has 0 bridgehead atoms. The maximum atomic E-state index is 11.4. The SMILES string of the molecule is CCCCC(C)OC(=O)[N]c1ccccc1. The van der Waals surface area contributed by atoms with Crippen LogP contribution in [0.4, 0.5) is 10.5 Å². The number of amides is 1. The average Bonchev–Trinajstić information content (AvgIpc) is 2.27. The number of benzene rings is 1. The van der Waals surface area contributed by atoms with E-state index in [1.165, 1.54) is 0 Å². The maximum absolute atomic E-state index is 11.4. The minimum atomic E-state index is -0.505. The van der Waals surface area contributed by atoms with E-state index >= 15 is 0 Å². The molecule has 1 radical (unpaired) electrons. The molecule has 0 aliphatic carbocycles. The van der Waals surface area contributed by atoms with E-state index in [2.05, 4.69) is 12.2 Å². The van der Waals surface area contributed by atoms with Crippen LogP contribution in [0.3, 0.4) is 0 Å². The number of para-hydroxylation sites is 1. The zero-order valence-electron chi connectivity index (χ0n) is 9.85. The Kier molecular flexibility index (Phi) is 5.40. The smallest absolute Gasteiger partial charge is 0.434 e. The summed E-state index contributed by atoms with van der Waals surface area (Å²) in [6.07, 6.45) is 2.51. The topological polar surface area (TPSA) is 40.4 Å². The van der Waals surface area contributed by atoms with Gasteiger partial charge in [-0.25, -0.2) is 4.79 Å². The normalized spacial score (nSPS) is 11.9. The van der Waals surface area contributed by atoms with E-state index in [9.17, 15) is 4.79 Å². The third-order valence-corrected chi connectivity index (χ3v) is 2.24.